The second-order valence-electron chi connectivity index (χ2n) is 0. The van der Waals surface area contributed by atoms with Crippen LogP contribution in [0.15, 0.2) is 0 Å². The van der Waals surface area contributed by atoms with Gasteiger partial charge in [-0.25, -0.2) is 0 Å². The second kappa shape index (κ2) is 207. The van der Waals surface area contributed by atoms with Crippen molar-refractivity contribution in [3.05, 3.63) is 0 Å². The molecule has 0 radical (unpaired) electrons. The molecule has 0 fully saturated rings. The van der Waals surface area contributed by atoms with E-state index in [0.717, 1.165) is 0 Å². The first kappa shape index (κ1) is 246. The molecule has 0 aliphatic carbocycles. The van der Waals surface area contributed by atoms with Crippen LogP contribution in [0, 0.1) is 0 Å². The molecule has 0 amide bonds. The van der Waals surface area contributed by atoms with E-state index < -0.39 is 0 Å². The summed E-state index contributed by atoms with van der Waals surface area (Å²) in [6, 6.07) is 0. The minimum Gasteiger partial charge on any atom is -1.00 e. The van der Waals surface area contributed by atoms with Crippen LogP contribution >= 0.6 is 149 Å². The molecule has 0 saturated heterocycles. The molecular weight excluding hydrogens is 474 g/mol. The largest absolute Gasteiger partial charge is 2.00 e. The van der Waals surface area contributed by atoms with Gasteiger partial charge < -0.3 is 5.71 Å². The molecule has 0 N–H and O–H groups in total. The minimum absolute atomic E-state index is 0. The molecule has 0 aromatic rings. The molecule has 0 spiro atoms. The molecule has 0 aromatic heterocycles. The van der Waals surface area contributed by atoms with E-state index in [0.29, 0.717) is 0 Å². The second-order valence-corrected chi connectivity index (χ2v) is 0. The van der Waals surface area contributed by atoms with Gasteiger partial charge in [0.15, 0.2) is 0 Å². The van der Waals surface area contributed by atoms with Crippen molar-refractivity contribution in [1.29, 1.82) is 0 Å². The summed E-state index contributed by atoms with van der Waals surface area (Å²) in [5.41, 5.74) is 0. The van der Waals surface area contributed by atoms with E-state index in [-0.39, 0.29) is 201 Å². The smallest absolute Gasteiger partial charge is 1.00 e. The number of hydrogen-bond acceptors (Lipinski definition) is 0. The number of rotatable bonds is 0. The van der Waals surface area contributed by atoms with Gasteiger partial charge in [-0.15, -0.1) is 149 Å². The van der Waals surface area contributed by atoms with Crippen LogP contribution < -0.4 is 0 Å². The molecule has 14 heavy (non-hydrogen) atoms. The van der Waals surface area contributed by atoms with Crippen molar-refractivity contribution in [2.75, 3.05) is 0 Å². The Hall–Kier alpha value is 5.01. The van der Waals surface area contributed by atoms with Crippen LogP contribution in [0.4, 0.5) is 0 Å². The molecule has 0 bridgehead atoms. The van der Waals surface area contributed by atoms with Gasteiger partial charge in [0.2, 0.25) is 0 Å². The average Bonchev–Trinajstić information content (AvgIpc) is 0. The zero-order valence-corrected chi connectivity index (χ0v) is 18.9. The van der Waals surface area contributed by atoms with E-state index >= 15 is 0 Å². The zero-order valence-electron chi connectivity index (χ0n) is 10.3. The van der Waals surface area contributed by atoms with Crippen molar-refractivity contribution in [1.82, 2.24) is 0 Å². The Morgan fingerprint density at radius 1 is 0.214 bits per heavy atom. The standard InChI is InChI=1S/12ClH.2Mg.4H/h12*1H;;;;;;/q;;;;;;;;;;;;2*+2;4*-1. The molecule has 0 unspecified atom stereocenters. The summed E-state index contributed by atoms with van der Waals surface area (Å²) in [6.07, 6.45) is 0. The summed E-state index contributed by atoms with van der Waals surface area (Å²) in [6.45, 7) is 0. The Labute approximate surface area is 198 Å². The third-order valence-electron chi connectivity index (χ3n) is 0. The Morgan fingerprint density at radius 3 is 0.214 bits per heavy atom. The summed E-state index contributed by atoms with van der Waals surface area (Å²) < 4.78 is 0. The summed E-state index contributed by atoms with van der Waals surface area (Å²) in [4.78, 5) is 0. The van der Waals surface area contributed by atoms with Crippen molar-refractivity contribution in [2.24, 2.45) is 0 Å². The third-order valence-corrected chi connectivity index (χ3v) is 0. The topological polar surface area (TPSA) is 0 Å². The van der Waals surface area contributed by atoms with Crippen molar-refractivity contribution in [2.45, 2.75) is 0 Å². The summed E-state index contributed by atoms with van der Waals surface area (Å²) >= 11 is 0. The molecule has 0 aromatic carbocycles. The van der Waals surface area contributed by atoms with E-state index in [1.165, 1.54) is 0 Å². The van der Waals surface area contributed by atoms with Gasteiger partial charge in [-0.05, 0) is 0 Å². The maximum atomic E-state index is 0. The van der Waals surface area contributed by atoms with Gasteiger partial charge in [0, 0.05) is 0 Å². The van der Waals surface area contributed by atoms with Gasteiger partial charge in [0.25, 0.3) is 0 Å². The maximum absolute atomic E-state index is 0. The summed E-state index contributed by atoms with van der Waals surface area (Å²) in [5.74, 6) is 0. The Morgan fingerprint density at radius 2 is 0.214 bits per heavy atom. The normalized spacial score (nSPS) is 0. The van der Waals surface area contributed by atoms with Crippen LogP contribution in [0.1, 0.15) is 5.71 Å². The van der Waals surface area contributed by atoms with Gasteiger partial charge in [-0.1, -0.05) is 0 Å². The van der Waals surface area contributed by atoms with Crippen LogP contribution in [0.25, 0.3) is 0 Å². The van der Waals surface area contributed by atoms with Crippen molar-refractivity contribution in [3.63, 3.8) is 0 Å². The van der Waals surface area contributed by atoms with Gasteiger partial charge >= 0.3 is 46.1 Å². The fourth-order valence-electron chi connectivity index (χ4n) is 0. The van der Waals surface area contributed by atoms with E-state index in [1.807, 2.05) is 0 Å². The average molecular weight is 490 g/mol. The molecule has 0 saturated carbocycles. The fraction of sp³-hybridized carbons (Fsp3) is 0. The first-order valence-corrected chi connectivity index (χ1v) is 0. The molecule has 0 nitrogen and oxygen atoms in total. The molecule has 14 heteroatoms. The SMILES string of the molecule is Cl.Cl.Cl.Cl.Cl.Cl.Cl.Cl.Cl.Cl.Cl.Cl.[H-].[H-].[H-].[H-].[Mg+2].[Mg+2]. The Balaban J connectivity index is 0. The Kier molecular flexibility index (Phi) is 3640. The first-order valence-electron chi connectivity index (χ1n) is 0. The molecule has 0 aliphatic heterocycles. The molecule has 104 valence electrons. The van der Waals surface area contributed by atoms with E-state index in [2.05, 4.69) is 0 Å². The first-order chi connectivity index (χ1) is 0. The van der Waals surface area contributed by atoms with Crippen molar-refractivity contribution >= 4 is 195 Å². The maximum Gasteiger partial charge on any atom is 2.00 e. The summed E-state index contributed by atoms with van der Waals surface area (Å²) in [7, 11) is 0. The van der Waals surface area contributed by atoms with Crippen LogP contribution in [0.5, 0.6) is 0 Å². The summed E-state index contributed by atoms with van der Waals surface area (Å²) in [5, 5.41) is 0. The molecule has 0 heterocycles. The van der Waals surface area contributed by atoms with Gasteiger partial charge in [0.1, 0.15) is 0 Å². The predicted octanol–water partition coefficient (Wildman–Crippen LogP) is 4.75. The molecule has 0 aliphatic rings. The van der Waals surface area contributed by atoms with Crippen LogP contribution in [0.3, 0.4) is 0 Å². The molecule has 0 atom stereocenters. The number of halogens is 12. The van der Waals surface area contributed by atoms with E-state index in [1.54, 1.807) is 0 Å². The van der Waals surface area contributed by atoms with E-state index in [4.69, 9.17) is 0 Å². The minimum atomic E-state index is 0. The fourth-order valence-corrected chi connectivity index (χ4v) is 0. The van der Waals surface area contributed by atoms with Crippen LogP contribution in [-0.4, -0.2) is 46.1 Å². The van der Waals surface area contributed by atoms with E-state index in [9.17, 15) is 0 Å². The van der Waals surface area contributed by atoms with Crippen LogP contribution in [0.2, 0.25) is 0 Å². The molecular formula is H16Cl12Mg2. The zero-order chi connectivity index (χ0) is 0. The van der Waals surface area contributed by atoms with Gasteiger partial charge in [-0.3, -0.25) is 0 Å². The monoisotopic (exact) mass is 484 g/mol. The third kappa shape index (κ3) is 174. The quantitative estimate of drug-likeness (QED) is 0.431. The van der Waals surface area contributed by atoms with Crippen molar-refractivity contribution in [3.8, 4) is 0 Å². The van der Waals surface area contributed by atoms with Crippen molar-refractivity contribution < 1.29 is 5.71 Å². The Bertz CT molecular complexity index is 22.0. The number of hydrogen-bond donors (Lipinski definition) is 0. The van der Waals surface area contributed by atoms with Crippen LogP contribution in [-0.2, 0) is 0 Å². The predicted molar refractivity (Wildman–Crippen MR) is 103 cm³/mol. The van der Waals surface area contributed by atoms with Gasteiger partial charge in [-0.2, -0.15) is 0 Å². The molecule has 0 rings (SSSR count). The van der Waals surface area contributed by atoms with Gasteiger partial charge in [0.05, 0.1) is 0 Å².